The van der Waals surface area contributed by atoms with Gasteiger partial charge in [-0.1, -0.05) is 6.92 Å². The summed E-state index contributed by atoms with van der Waals surface area (Å²) in [7, 11) is -3.16. The fourth-order valence-corrected chi connectivity index (χ4v) is 3.47. The van der Waals surface area contributed by atoms with E-state index in [0.717, 1.165) is 30.9 Å². The predicted molar refractivity (Wildman–Crippen MR) is 81.5 cm³/mol. The third-order valence-corrected chi connectivity index (χ3v) is 5.30. The molecule has 2 heterocycles. The molecular formula is C15H19N3O2S. The van der Waals surface area contributed by atoms with Gasteiger partial charge in [-0.2, -0.15) is 0 Å². The third-order valence-electron chi connectivity index (χ3n) is 4.17. The quantitative estimate of drug-likeness (QED) is 0.934. The Hall–Kier alpha value is -1.66. The number of rotatable bonds is 3. The van der Waals surface area contributed by atoms with Crippen LogP contribution in [0, 0.1) is 0 Å². The monoisotopic (exact) mass is 305 g/mol. The molecule has 112 valence electrons. The van der Waals surface area contributed by atoms with Gasteiger partial charge >= 0.3 is 0 Å². The first kappa shape index (κ1) is 14.3. The molecule has 3 rings (SSSR count). The van der Waals surface area contributed by atoms with Crippen molar-refractivity contribution in [3.8, 4) is 5.69 Å². The summed E-state index contributed by atoms with van der Waals surface area (Å²) in [4.78, 5) is 4.61. The second-order valence-electron chi connectivity index (χ2n) is 5.90. The average Bonchev–Trinajstić information content (AvgIpc) is 3.07. The summed E-state index contributed by atoms with van der Waals surface area (Å²) in [5.74, 6) is 0. The molecule has 1 fully saturated rings. The van der Waals surface area contributed by atoms with Gasteiger partial charge in [-0.3, -0.25) is 0 Å². The lowest BCUT2D eigenvalue weighted by atomic mass is 9.86. The minimum Gasteiger partial charge on any atom is -0.316 e. The van der Waals surface area contributed by atoms with Crippen LogP contribution in [0.4, 0.5) is 0 Å². The molecular weight excluding hydrogens is 286 g/mol. The summed E-state index contributed by atoms with van der Waals surface area (Å²) in [5.41, 5.74) is 2.15. The maximum atomic E-state index is 11.5. The molecule has 1 aromatic carbocycles. The average molecular weight is 305 g/mol. The molecule has 2 aromatic rings. The first-order valence-electron chi connectivity index (χ1n) is 6.94. The lowest BCUT2D eigenvalue weighted by Crippen LogP contribution is -2.27. The molecule has 1 aliphatic rings. The molecule has 1 aromatic heterocycles. The first-order chi connectivity index (χ1) is 9.90. The molecule has 1 N–H and O–H groups in total. The van der Waals surface area contributed by atoms with E-state index in [9.17, 15) is 8.42 Å². The van der Waals surface area contributed by atoms with Crippen molar-refractivity contribution < 1.29 is 8.42 Å². The van der Waals surface area contributed by atoms with Crippen molar-refractivity contribution in [3.63, 3.8) is 0 Å². The topological polar surface area (TPSA) is 64.0 Å². The Balaban J connectivity index is 2.00. The smallest absolute Gasteiger partial charge is 0.175 e. The molecule has 5 nitrogen and oxygen atoms in total. The minimum absolute atomic E-state index is 0.0615. The van der Waals surface area contributed by atoms with Crippen LogP contribution in [0.5, 0.6) is 0 Å². The molecule has 21 heavy (non-hydrogen) atoms. The normalized spacial score (nSPS) is 22.6. The van der Waals surface area contributed by atoms with Crippen molar-refractivity contribution in [1.82, 2.24) is 14.9 Å². The summed E-state index contributed by atoms with van der Waals surface area (Å²) in [6, 6.07) is 6.94. The van der Waals surface area contributed by atoms with E-state index in [4.69, 9.17) is 0 Å². The van der Waals surface area contributed by atoms with E-state index < -0.39 is 9.84 Å². The van der Waals surface area contributed by atoms with Crippen LogP contribution in [0.15, 0.2) is 41.7 Å². The van der Waals surface area contributed by atoms with Crippen LogP contribution in [0.3, 0.4) is 0 Å². The third kappa shape index (κ3) is 2.61. The molecule has 0 saturated carbocycles. The van der Waals surface area contributed by atoms with Crippen molar-refractivity contribution in [2.24, 2.45) is 0 Å². The lowest BCUT2D eigenvalue weighted by molar-refractivity contribution is 0.499. The number of benzene rings is 1. The molecule has 0 amide bonds. The van der Waals surface area contributed by atoms with E-state index in [1.54, 1.807) is 18.5 Å². The van der Waals surface area contributed by atoms with Crippen LogP contribution >= 0.6 is 0 Å². The highest BCUT2D eigenvalue weighted by Gasteiger charge is 2.33. The van der Waals surface area contributed by atoms with Gasteiger partial charge in [0.1, 0.15) is 0 Å². The summed E-state index contributed by atoms with van der Waals surface area (Å²) >= 11 is 0. The van der Waals surface area contributed by atoms with Crippen molar-refractivity contribution in [1.29, 1.82) is 0 Å². The predicted octanol–water partition coefficient (Wildman–Crippen LogP) is 1.53. The zero-order valence-corrected chi connectivity index (χ0v) is 13.0. The number of nitrogens with one attached hydrogen (secondary N) is 1. The molecule has 6 heteroatoms. The van der Waals surface area contributed by atoms with Gasteiger partial charge in [0, 0.05) is 35.8 Å². The van der Waals surface area contributed by atoms with Gasteiger partial charge in [0.2, 0.25) is 0 Å². The van der Waals surface area contributed by atoms with E-state index >= 15 is 0 Å². The number of imidazole rings is 1. The van der Waals surface area contributed by atoms with E-state index in [0.29, 0.717) is 4.90 Å². The standard InChI is InChI=1S/C15H19N3O2S/c1-15(7-8-16-10-15)14-9-17-11-18(14)12-3-5-13(6-4-12)21(2,19)20/h3-6,9,11,16H,7-8,10H2,1-2H3. The second kappa shape index (κ2) is 4.96. The molecule has 0 spiro atoms. The van der Waals surface area contributed by atoms with Crippen molar-refractivity contribution in [2.45, 2.75) is 23.7 Å². The van der Waals surface area contributed by atoms with Crippen molar-refractivity contribution >= 4 is 9.84 Å². The number of hydrogen-bond acceptors (Lipinski definition) is 4. The molecule has 0 aliphatic carbocycles. The fourth-order valence-electron chi connectivity index (χ4n) is 2.84. The van der Waals surface area contributed by atoms with Crippen molar-refractivity contribution in [3.05, 3.63) is 42.5 Å². The van der Waals surface area contributed by atoms with E-state index in [1.165, 1.54) is 6.26 Å². The highest BCUT2D eigenvalue weighted by molar-refractivity contribution is 7.90. The maximum Gasteiger partial charge on any atom is 0.175 e. The number of hydrogen-bond donors (Lipinski definition) is 1. The van der Waals surface area contributed by atoms with Crippen molar-refractivity contribution in [2.75, 3.05) is 19.3 Å². The zero-order chi connectivity index (χ0) is 15.1. The molecule has 1 atom stereocenters. The highest BCUT2D eigenvalue weighted by atomic mass is 32.2. The minimum atomic E-state index is -3.16. The highest BCUT2D eigenvalue weighted by Crippen LogP contribution is 2.31. The van der Waals surface area contributed by atoms with Gasteiger partial charge in [0.05, 0.1) is 11.2 Å². The van der Waals surface area contributed by atoms with Crippen LogP contribution < -0.4 is 5.32 Å². The Morgan fingerprint density at radius 1 is 1.29 bits per heavy atom. The Bertz CT molecular complexity index is 741. The van der Waals surface area contributed by atoms with Crippen LogP contribution in [-0.2, 0) is 15.3 Å². The summed E-state index contributed by atoms with van der Waals surface area (Å²) in [5, 5.41) is 3.39. The lowest BCUT2D eigenvalue weighted by Gasteiger charge is -2.24. The molecule has 1 saturated heterocycles. The molecule has 1 aliphatic heterocycles. The van der Waals surface area contributed by atoms with Gasteiger partial charge in [0.25, 0.3) is 0 Å². The Morgan fingerprint density at radius 3 is 2.57 bits per heavy atom. The van der Waals surface area contributed by atoms with Crippen LogP contribution in [-0.4, -0.2) is 37.3 Å². The second-order valence-corrected chi connectivity index (χ2v) is 7.92. The molecule has 0 radical (unpaired) electrons. The number of aromatic nitrogens is 2. The van der Waals surface area contributed by atoms with Crippen LogP contribution in [0.1, 0.15) is 19.0 Å². The van der Waals surface area contributed by atoms with E-state index in [1.807, 2.05) is 22.9 Å². The maximum absolute atomic E-state index is 11.5. The van der Waals surface area contributed by atoms with Gasteiger partial charge < -0.3 is 9.88 Å². The molecule has 1 unspecified atom stereocenters. The Kier molecular flexibility index (Phi) is 3.37. The zero-order valence-electron chi connectivity index (χ0n) is 12.2. The van der Waals surface area contributed by atoms with Gasteiger partial charge in [0.15, 0.2) is 9.84 Å². The van der Waals surface area contributed by atoms with Crippen LogP contribution in [0.2, 0.25) is 0 Å². The van der Waals surface area contributed by atoms with E-state index in [2.05, 4.69) is 17.2 Å². The van der Waals surface area contributed by atoms with Gasteiger partial charge in [-0.15, -0.1) is 0 Å². The number of sulfone groups is 1. The summed E-state index contributed by atoms with van der Waals surface area (Å²) in [6.45, 7) is 4.17. The largest absolute Gasteiger partial charge is 0.316 e. The Morgan fingerprint density at radius 2 is 2.00 bits per heavy atom. The van der Waals surface area contributed by atoms with Gasteiger partial charge in [-0.05, 0) is 37.2 Å². The SMILES string of the molecule is CC1(c2cncn2-c2ccc(S(C)(=O)=O)cc2)CCNC1. The fraction of sp³-hybridized carbons (Fsp3) is 0.400. The van der Waals surface area contributed by atoms with Crippen LogP contribution in [0.25, 0.3) is 5.69 Å². The van der Waals surface area contributed by atoms with E-state index in [-0.39, 0.29) is 5.41 Å². The van der Waals surface area contributed by atoms with Gasteiger partial charge in [-0.25, -0.2) is 13.4 Å². The summed E-state index contributed by atoms with van der Waals surface area (Å²) < 4.78 is 25.1. The Labute approximate surface area is 124 Å². The number of nitrogens with zero attached hydrogens (tertiary/aromatic N) is 2. The summed E-state index contributed by atoms with van der Waals surface area (Å²) in [6.07, 6.45) is 5.97. The molecule has 0 bridgehead atoms. The first-order valence-corrected chi connectivity index (χ1v) is 8.83.